The van der Waals surface area contributed by atoms with Gasteiger partial charge in [0, 0.05) is 38.0 Å². The number of cyclic esters (lactones) is 1. The number of carbonyl (C=O) groups is 5. The second kappa shape index (κ2) is 17.6. The fraction of sp³-hybridized carbons (Fsp3) is 0.725. The van der Waals surface area contributed by atoms with Crippen LogP contribution in [-0.2, 0) is 42.8 Å². The maximum atomic E-state index is 14.5. The maximum absolute atomic E-state index is 14.5. The Morgan fingerprint density at radius 3 is 2.22 bits per heavy atom. The number of fused-ring (bicyclic) bond motifs is 1. The summed E-state index contributed by atoms with van der Waals surface area (Å²) in [6.45, 7) is 14.0. The Hall–Kier alpha value is -3.43. The standard InChI is InChI=1S/C40H61N3O11/c1-12-29-40(8)33(43(19-18-41)38(48)54-40)24(4)30(44)22(2)21-39(7,49-11)34(25(5)31(45)26(6)35(46)51-29)53-37-32(28(42(9)10)20-23(3)50-37)52-36(47)27-16-14-13-15-17-27/h13-17,22-26,28-29,32-34,37H,12,18-21,41H2,1-11H3/t22-,23-,24+,25+,26-,28+,29-,32-,33-,34-,37+,39+,40-/m1/s1. The van der Waals surface area contributed by atoms with Crippen LogP contribution < -0.4 is 5.73 Å². The highest BCUT2D eigenvalue weighted by molar-refractivity contribution is 6.00. The van der Waals surface area contributed by atoms with Gasteiger partial charge in [-0.1, -0.05) is 45.9 Å². The number of ether oxygens (including phenoxy) is 6. The smallest absolute Gasteiger partial charge is 0.410 e. The molecule has 0 saturated carbocycles. The number of rotatable bonds is 9. The number of esters is 2. The molecule has 4 rings (SSSR count). The zero-order valence-corrected chi connectivity index (χ0v) is 33.7. The highest BCUT2D eigenvalue weighted by Crippen LogP contribution is 2.43. The van der Waals surface area contributed by atoms with Crippen LogP contribution in [0.4, 0.5) is 4.79 Å². The molecule has 0 aromatic heterocycles. The van der Waals surface area contributed by atoms with Crippen molar-refractivity contribution in [3.8, 4) is 0 Å². The summed E-state index contributed by atoms with van der Waals surface area (Å²) < 4.78 is 37.6. The van der Waals surface area contributed by atoms with Gasteiger partial charge < -0.3 is 39.1 Å². The van der Waals surface area contributed by atoms with Crippen molar-refractivity contribution < 1.29 is 52.4 Å². The van der Waals surface area contributed by atoms with Gasteiger partial charge in [0.05, 0.1) is 35.5 Å². The number of benzene rings is 1. The lowest BCUT2D eigenvalue weighted by atomic mass is 9.73. The molecule has 1 aromatic carbocycles. The largest absolute Gasteiger partial charge is 0.458 e. The molecule has 0 spiro atoms. The number of likely N-dealkylation sites (N-methyl/N-ethyl adjacent to an activating group) is 1. The van der Waals surface area contributed by atoms with E-state index >= 15 is 0 Å². The van der Waals surface area contributed by atoms with Crippen LogP contribution in [0.2, 0.25) is 0 Å². The molecule has 1 amide bonds. The first-order valence-corrected chi connectivity index (χ1v) is 19.1. The first-order chi connectivity index (χ1) is 25.3. The summed E-state index contributed by atoms with van der Waals surface area (Å²) >= 11 is 0. The van der Waals surface area contributed by atoms with E-state index in [0.717, 1.165) is 0 Å². The highest BCUT2D eigenvalue weighted by Gasteiger charge is 2.60. The van der Waals surface area contributed by atoms with E-state index in [0.29, 0.717) is 12.0 Å². The van der Waals surface area contributed by atoms with Crippen LogP contribution in [0.25, 0.3) is 0 Å². The Morgan fingerprint density at radius 1 is 1.00 bits per heavy atom. The van der Waals surface area contributed by atoms with Crippen molar-refractivity contribution in [2.24, 2.45) is 29.4 Å². The fourth-order valence-corrected chi connectivity index (χ4v) is 8.73. The van der Waals surface area contributed by atoms with Gasteiger partial charge in [0.2, 0.25) is 0 Å². The molecule has 13 atom stereocenters. The molecule has 2 N–H and O–H groups in total. The molecular weight excluding hydrogens is 698 g/mol. The van der Waals surface area contributed by atoms with Crippen LogP contribution in [0.15, 0.2) is 30.3 Å². The van der Waals surface area contributed by atoms with E-state index in [-0.39, 0.29) is 43.9 Å². The summed E-state index contributed by atoms with van der Waals surface area (Å²) in [5.41, 5.74) is 3.52. The third kappa shape index (κ3) is 8.67. The zero-order chi connectivity index (χ0) is 40.3. The van der Waals surface area contributed by atoms with Gasteiger partial charge in [-0.2, -0.15) is 0 Å². The zero-order valence-electron chi connectivity index (χ0n) is 33.7. The number of amides is 1. The van der Waals surface area contributed by atoms with Crippen molar-refractivity contribution in [2.45, 2.75) is 129 Å². The third-order valence-electron chi connectivity index (χ3n) is 11.8. The van der Waals surface area contributed by atoms with Crippen molar-refractivity contribution in [3.63, 3.8) is 0 Å². The molecule has 54 heavy (non-hydrogen) atoms. The number of methoxy groups -OCH3 is 1. The van der Waals surface area contributed by atoms with Crippen LogP contribution in [0.3, 0.4) is 0 Å². The van der Waals surface area contributed by atoms with E-state index in [2.05, 4.69) is 0 Å². The highest BCUT2D eigenvalue weighted by atomic mass is 16.7. The Balaban J connectivity index is 1.81. The number of ketones is 2. The Labute approximate surface area is 319 Å². The summed E-state index contributed by atoms with van der Waals surface area (Å²) in [4.78, 5) is 73.0. The topological polar surface area (TPSA) is 173 Å². The Morgan fingerprint density at radius 2 is 1.65 bits per heavy atom. The van der Waals surface area contributed by atoms with E-state index < -0.39 is 89.3 Å². The second-order valence-corrected chi connectivity index (χ2v) is 15.9. The van der Waals surface area contributed by atoms with Crippen LogP contribution in [0.5, 0.6) is 0 Å². The lowest BCUT2D eigenvalue weighted by Gasteiger charge is -2.47. The predicted octanol–water partition coefficient (Wildman–Crippen LogP) is 4.01. The summed E-state index contributed by atoms with van der Waals surface area (Å²) in [5.74, 6) is -5.76. The fourth-order valence-electron chi connectivity index (χ4n) is 8.73. The Kier molecular flexibility index (Phi) is 14.1. The van der Waals surface area contributed by atoms with Gasteiger partial charge in [0.25, 0.3) is 0 Å². The van der Waals surface area contributed by atoms with Gasteiger partial charge in [-0.25, -0.2) is 9.59 Å². The molecular formula is C40H61N3O11. The molecule has 0 aliphatic carbocycles. The van der Waals surface area contributed by atoms with Crippen LogP contribution >= 0.6 is 0 Å². The first kappa shape index (κ1) is 43.3. The maximum Gasteiger partial charge on any atom is 0.410 e. The summed E-state index contributed by atoms with van der Waals surface area (Å²) in [6.07, 6.45) is -4.29. The van der Waals surface area contributed by atoms with Crippen molar-refractivity contribution in [2.75, 3.05) is 34.3 Å². The normalized spacial score (nSPS) is 38.4. The number of hydrogen-bond acceptors (Lipinski definition) is 13. The monoisotopic (exact) mass is 759 g/mol. The van der Waals surface area contributed by atoms with Gasteiger partial charge in [0.15, 0.2) is 23.8 Å². The average molecular weight is 760 g/mol. The molecule has 3 aliphatic rings. The van der Waals surface area contributed by atoms with E-state index in [1.807, 2.05) is 25.9 Å². The van der Waals surface area contributed by atoms with E-state index in [1.54, 1.807) is 71.9 Å². The number of nitrogens with zero attached hydrogens (tertiary/aromatic N) is 2. The van der Waals surface area contributed by atoms with Gasteiger partial charge in [-0.05, 0) is 73.2 Å². The molecule has 0 bridgehead atoms. The van der Waals surface area contributed by atoms with Crippen LogP contribution in [-0.4, -0.2) is 128 Å². The molecule has 0 unspecified atom stereocenters. The molecule has 302 valence electrons. The van der Waals surface area contributed by atoms with Crippen molar-refractivity contribution in [1.29, 1.82) is 0 Å². The molecule has 14 heteroatoms. The molecule has 3 aliphatic heterocycles. The van der Waals surface area contributed by atoms with E-state index in [1.165, 1.54) is 18.9 Å². The molecule has 0 radical (unpaired) electrons. The third-order valence-corrected chi connectivity index (χ3v) is 11.8. The first-order valence-electron chi connectivity index (χ1n) is 19.1. The van der Waals surface area contributed by atoms with E-state index in [4.69, 9.17) is 34.2 Å². The summed E-state index contributed by atoms with van der Waals surface area (Å²) in [5, 5.41) is 0. The molecule has 3 saturated heterocycles. The van der Waals surface area contributed by atoms with Crippen molar-refractivity contribution in [3.05, 3.63) is 35.9 Å². The van der Waals surface area contributed by atoms with E-state index in [9.17, 15) is 24.0 Å². The predicted molar refractivity (Wildman–Crippen MR) is 198 cm³/mol. The van der Waals surface area contributed by atoms with Crippen LogP contribution in [0, 0.1) is 23.7 Å². The molecule has 1 aromatic rings. The minimum atomic E-state index is -1.41. The van der Waals surface area contributed by atoms with Gasteiger partial charge >= 0.3 is 18.0 Å². The minimum absolute atomic E-state index is 0.0912. The average Bonchev–Trinajstić information content (AvgIpc) is 3.40. The molecule has 3 heterocycles. The summed E-state index contributed by atoms with van der Waals surface area (Å²) in [6, 6.07) is 7.45. The Bertz CT molecular complexity index is 1510. The lowest BCUT2D eigenvalue weighted by Crippen LogP contribution is -2.61. The number of hydrogen-bond donors (Lipinski definition) is 1. The SMILES string of the molecule is CC[C@H]1OC(=O)[C@H](C)C(=O)[C@H](C)[C@@H](O[C@@H]2O[C@H](C)C[C@H](N(C)C)[C@H]2OC(=O)c2ccccc2)[C@@](C)(OC)C[C@@H](C)C(=O)[C@H](C)[C@H]2N(CCN)C(=O)O[C@]12C. The molecule has 14 nitrogen and oxygen atoms in total. The van der Waals surface area contributed by atoms with Gasteiger partial charge in [0.1, 0.15) is 17.8 Å². The number of nitrogens with two attached hydrogens (primary N) is 1. The van der Waals surface area contributed by atoms with Crippen molar-refractivity contribution >= 4 is 29.6 Å². The number of Topliss-reactive ketones (excluding diaryl/α,β-unsaturated/α-hetero) is 2. The molecule has 3 fully saturated rings. The van der Waals surface area contributed by atoms with Gasteiger partial charge in [-0.3, -0.25) is 19.3 Å². The lowest BCUT2D eigenvalue weighted by molar-refractivity contribution is -0.294. The second-order valence-electron chi connectivity index (χ2n) is 15.9. The number of carbonyl (C=O) groups excluding carboxylic acids is 5. The minimum Gasteiger partial charge on any atom is -0.458 e. The quantitative estimate of drug-likeness (QED) is 0.218. The van der Waals surface area contributed by atoms with Crippen molar-refractivity contribution in [1.82, 2.24) is 9.80 Å². The summed E-state index contributed by atoms with van der Waals surface area (Å²) in [7, 11) is 5.23. The van der Waals surface area contributed by atoms with Gasteiger partial charge in [-0.15, -0.1) is 0 Å². The van der Waals surface area contributed by atoms with Crippen LogP contribution in [0.1, 0.15) is 85.0 Å².